The van der Waals surface area contributed by atoms with Crippen LogP contribution < -0.4 is 5.32 Å². The van der Waals surface area contributed by atoms with Gasteiger partial charge in [-0.05, 0) is 36.6 Å². The molecule has 0 fully saturated rings. The Hall–Kier alpha value is -2.36. The number of hydrogen-bond acceptors (Lipinski definition) is 3. The minimum absolute atomic E-state index is 0.100. The maximum atomic E-state index is 10.6. The molecule has 0 aliphatic heterocycles. The first-order chi connectivity index (χ1) is 9.60. The molecule has 0 bridgehead atoms. The van der Waals surface area contributed by atoms with E-state index in [0.717, 1.165) is 17.7 Å². The van der Waals surface area contributed by atoms with Crippen LogP contribution in [-0.4, -0.2) is 4.92 Å². The Morgan fingerprint density at radius 3 is 2.20 bits per heavy atom. The number of hydrogen-bond donors (Lipinski definition) is 1. The fourth-order valence-electron chi connectivity index (χ4n) is 2.05. The highest BCUT2D eigenvalue weighted by Gasteiger charge is 2.08. The molecule has 2 aromatic rings. The van der Waals surface area contributed by atoms with Gasteiger partial charge in [0, 0.05) is 23.9 Å². The van der Waals surface area contributed by atoms with Crippen molar-refractivity contribution in [2.75, 3.05) is 5.32 Å². The lowest BCUT2D eigenvalue weighted by Crippen LogP contribution is -2.06. The van der Waals surface area contributed by atoms with E-state index in [0.29, 0.717) is 0 Å². The van der Waals surface area contributed by atoms with Gasteiger partial charge in [0.25, 0.3) is 5.69 Å². The van der Waals surface area contributed by atoms with Gasteiger partial charge in [0.15, 0.2) is 0 Å². The summed E-state index contributed by atoms with van der Waals surface area (Å²) in [7, 11) is 0. The number of nitrogens with zero attached hydrogens (tertiary/aromatic N) is 1. The third kappa shape index (κ3) is 3.35. The van der Waals surface area contributed by atoms with Crippen LogP contribution in [0.2, 0.25) is 0 Å². The number of benzene rings is 2. The average Bonchev–Trinajstić information content (AvgIpc) is 2.48. The van der Waals surface area contributed by atoms with Gasteiger partial charge in [0.2, 0.25) is 0 Å². The van der Waals surface area contributed by atoms with Gasteiger partial charge in [-0.2, -0.15) is 0 Å². The monoisotopic (exact) mass is 270 g/mol. The van der Waals surface area contributed by atoms with Crippen molar-refractivity contribution >= 4 is 11.4 Å². The second-order valence-corrected chi connectivity index (χ2v) is 4.77. The van der Waals surface area contributed by atoms with Crippen LogP contribution >= 0.6 is 0 Å². The molecule has 1 atom stereocenters. The van der Waals surface area contributed by atoms with E-state index in [1.54, 1.807) is 12.1 Å². The molecule has 0 amide bonds. The SMILES string of the molecule is CCc1ccc(NC(C)c2ccc([N+](=O)[O-])cc2)cc1. The summed E-state index contributed by atoms with van der Waals surface area (Å²) >= 11 is 0. The van der Waals surface area contributed by atoms with Gasteiger partial charge in [-0.3, -0.25) is 10.1 Å². The van der Waals surface area contributed by atoms with Gasteiger partial charge >= 0.3 is 0 Å². The first-order valence-corrected chi connectivity index (χ1v) is 6.70. The minimum Gasteiger partial charge on any atom is -0.379 e. The Bertz CT molecular complexity index is 576. The zero-order valence-electron chi connectivity index (χ0n) is 11.7. The summed E-state index contributed by atoms with van der Waals surface area (Å²) < 4.78 is 0. The number of nitro benzene ring substituents is 1. The van der Waals surface area contributed by atoms with E-state index in [1.807, 2.05) is 6.92 Å². The summed E-state index contributed by atoms with van der Waals surface area (Å²) in [4.78, 5) is 10.2. The van der Waals surface area contributed by atoms with Crippen LogP contribution in [0, 0.1) is 10.1 Å². The third-order valence-electron chi connectivity index (χ3n) is 3.35. The summed E-state index contributed by atoms with van der Waals surface area (Å²) in [5, 5.41) is 14.0. The van der Waals surface area contributed by atoms with Crippen molar-refractivity contribution in [2.24, 2.45) is 0 Å². The molecule has 20 heavy (non-hydrogen) atoms. The molecule has 0 aliphatic rings. The van der Waals surface area contributed by atoms with Gasteiger partial charge in [-0.25, -0.2) is 0 Å². The lowest BCUT2D eigenvalue weighted by Gasteiger charge is -2.15. The van der Waals surface area contributed by atoms with E-state index in [4.69, 9.17) is 0 Å². The Morgan fingerprint density at radius 2 is 1.70 bits per heavy atom. The van der Waals surface area contributed by atoms with E-state index < -0.39 is 0 Å². The number of anilines is 1. The van der Waals surface area contributed by atoms with Crippen molar-refractivity contribution in [3.8, 4) is 0 Å². The Kier molecular flexibility index (Phi) is 4.35. The molecule has 0 aromatic heterocycles. The predicted molar refractivity (Wildman–Crippen MR) is 81.0 cm³/mol. The molecular weight excluding hydrogens is 252 g/mol. The molecular formula is C16H18N2O2. The van der Waals surface area contributed by atoms with Crippen molar-refractivity contribution in [3.05, 3.63) is 69.8 Å². The average molecular weight is 270 g/mol. The van der Waals surface area contributed by atoms with Crippen molar-refractivity contribution in [1.29, 1.82) is 0 Å². The van der Waals surface area contributed by atoms with Crippen LogP contribution in [0.15, 0.2) is 48.5 Å². The van der Waals surface area contributed by atoms with Crippen molar-refractivity contribution in [1.82, 2.24) is 0 Å². The Labute approximate surface area is 118 Å². The first-order valence-electron chi connectivity index (χ1n) is 6.70. The van der Waals surface area contributed by atoms with E-state index in [9.17, 15) is 10.1 Å². The lowest BCUT2D eigenvalue weighted by atomic mass is 10.1. The molecule has 1 unspecified atom stereocenters. The van der Waals surface area contributed by atoms with Gasteiger partial charge in [-0.1, -0.05) is 31.2 Å². The fourth-order valence-corrected chi connectivity index (χ4v) is 2.05. The minimum atomic E-state index is -0.384. The summed E-state index contributed by atoms with van der Waals surface area (Å²) in [6.07, 6.45) is 1.03. The molecule has 4 heteroatoms. The molecule has 0 saturated carbocycles. The third-order valence-corrected chi connectivity index (χ3v) is 3.35. The predicted octanol–water partition coefficient (Wildman–Crippen LogP) is 4.33. The number of aryl methyl sites for hydroxylation is 1. The smallest absolute Gasteiger partial charge is 0.269 e. The molecule has 1 N–H and O–H groups in total. The van der Waals surface area contributed by atoms with Crippen molar-refractivity contribution in [2.45, 2.75) is 26.3 Å². The van der Waals surface area contributed by atoms with Crippen LogP contribution in [-0.2, 0) is 6.42 Å². The van der Waals surface area contributed by atoms with Gasteiger partial charge in [0.1, 0.15) is 0 Å². The molecule has 0 spiro atoms. The maximum absolute atomic E-state index is 10.6. The van der Waals surface area contributed by atoms with Crippen LogP contribution in [0.5, 0.6) is 0 Å². The van der Waals surface area contributed by atoms with Gasteiger partial charge in [-0.15, -0.1) is 0 Å². The molecule has 0 heterocycles. The Balaban J connectivity index is 2.06. The fraction of sp³-hybridized carbons (Fsp3) is 0.250. The van der Waals surface area contributed by atoms with E-state index in [-0.39, 0.29) is 16.7 Å². The van der Waals surface area contributed by atoms with Crippen LogP contribution in [0.4, 0.5) is 11.4 Å². The zero-order valence-corrected chi connectivity index (χ0v) is 11.7. The molecule has 0 radical (unpaired) electrons. The summed E-state index contributed by atoms with van der Waals surface area (Å²) in [6.45, 7) is 4.16. The van der Waals surface area contributed by atoms with E-state index >= 15 is 0 Å². The molecule has 0 saturated heterocycles. The molecule has 0 aliphatic carbocycles. The molecule has 104 valence electrons. The number of non-ortho nitro benzene ring substituents is 1. The maximum Gasteiger partial charge on any atom is 0.269 e. The molecule has 4 nitrogen and oxygen atoms in total. The second kappa shape index (κ2) is 6.19. The largest absolute Gasteiger partial charge is 0.379 e. The highest BCUT2D eigenvalue weighted by atomic mass is 16.6. The van der Waals surface area contributed by atoms with Crippen LogP contribution in [0.25, 0.3) is 0 Å². The quantitative estimate of drug-likeness (QED) is 0.650. The first kappa shape index (κ1) is 14.1. The van der Waals surface area contributed by atoms with E-state index in [2.05, 4.69) is 36.5 Å². The van der Waals surface area contributed by atoms with Gasteiger partial charge in [0.05, 0.1) is 4.92 Å². The highest BCUT2D eigenvalue weighted by molar-refractivity contribution is 5.47. The van der Waals surface area contributed by atoms with Crippen LogP contribution in [0.3, 0.4) is 0 Å². The summed E-state index contributed by atoms with van der Waals surface area (Å²) in [5.41, 5.74) is 3.50. The normalized spacial score (nSPS) is 11.9. The highest BCUT2D eigenvalue weighted by Crippen LogP contribution is 2.22. The van der Waals surface area contributed by atoms with Crippen molar-refractivity contribution < 1.29 is 4.92 Å². The van der Waals surface area contributed by atoms with E-state index in [1.165, 1.54) is 17.7 Å². The number of rotatable bonds is 5. The zero-order chi connectivity index (χ0) is 14.5. The standard InChI is InChI=1S/C16H18N2O2/c1-3-13-4-8-15(9-5-13)17-12(2)14-6-10-16(11-7-14)18(19)20/h4-12,17H,3H2,1-2H3. The topological polar surface area (TPSA) is 55.2 Å². The van der Waals surface area contributed by atoms with Crippen molar-refractivity contribution in [3.63, 3.8) is 0 Å². The molecule has 2 rings (SSSR count). The summed E-state index contributed by atoms with van der Waals surface area (Å²) in [5.74, 6) is 0. The van der Waals surface area contributed by atoms with Gasteiger partial charge < -0.3 is 5.32 Å². The number of nitro groups is 1. The number of nitrogens with one attached hydrogen (secondary N) is 1. The second-order valence-electron chi connectivity index (χ2n) is 4.77. The summed E-state index contributed by atoms with van der Waals surface area (Å²) in [6, 6.07) is 15.1. The lowest BCUT2D eigenvalue weighted by molar-refractivity contribution is -0.384. The van der Waals surface area contributed by atoms with Crippen LogP contribution in [0.1, 0.15) is 31.0 Å². The Morgan fingerprint density at radius 1 is 1.10 bits per heavy atom. The molecule has 2 aromatic carbocycles.